The van der Waals surface area contributed by atoms with E-state index in [1.54, 1.807) is 0 Å². The van der Waals surface area contributed by atoms with Crippen LogP contribution in [-0.2, 0) is 9.53 Å². The van der Waals surface area contributed by atoms with Crippen LogP contribution >= 0.6 is 0 Å². The maximum atomic E-state index is 9.88. The zero-order valence-corrected chi connectivity index (χ0v) is 6.95. The Labute approximate surface area is 67.3 Å². The molecule has 1 aliphatic heterocycles. The van der Waals surface area contributed by atoms with Crippen molar-refractivity contribution < 1.29 is 9.53 Å². The number of hydrogen-bond donors (Lipinski definition) is 0. The van der Waals surface area contributed by atoms with Crippen molar-refractivity contribution in [2.75, 3.05) is 19.7 Å². The molecule has 0 aromatic carbocycles. The molecule has 1 aliphatic rings. The van der Waals surface area contributed by atoms with Crippen molar-refractivity contribution in [2.24, 2.45) is 0 Å². The maximum Gasteiger partial charge on any atom is 0.293 e. The standard InChI is InChI=1S/C8H15NO2/c1-8(6-11-7-10)9-4-2-3-5-9/h7-8H,2-6H2,1H3. The van der Waals surface area contributed by atoms with Crippen LogP contribution in [0, 0.1) is 0 Å². The fourth-order valence-electron chi connectivity index (χ4n) is 1.47. The van der Waals surface area contributed by atoms with Gasteiger partial charge in [-0.05, 0) is 32.9 Å². The molecule has 0 radical (unpaired) electrons. The lowest BCUT2D eigenvalue weighted by molar-refractivity contribution is -0.130. The summed E-state index contributed by atoms with van der Waals surface area (Å²) >= 11 is 0. The monoisotopic (exact) mass is 157 g/mol. The number of rotatable bonds is 4. The van der Waals surface area contributed by atoms with Crippen LogP contribution in [0.1, 0.15) is 19.8 Å². The minimum atomic E-state index is 0.391. The summed E-state index contributed by atoms with van der Waals surface area (Å²) in [4.78, 5) is 12.2. The summed E-state index contributed by atoms with van der Waals surface area (Å²) in [5, 5.41) is 0. The first kappa shape index (κ1) is 8.53. The zero-order chi connectivity index (χ0) is 8.10. The summed E-state index contributed by atoms with van der Waals surface area (Å²) < 4.78 is 4.69. The van der Waals surface area contributed by atoms with Gasteiger partial charge >= 0.3 is 0 Å². The molecule has 11 heavy (non-hydrogen) atoms. The summed E-state index contributed by atoms with van der Waals surface area (Å²) in [6.45, 7) is 5.46. The molecule has 0 aromatic heterocycles. The highest BCUT2D eigenvalue weighted by Gasteiger charge is 2.17. The first-order chi connectivity index (χ1) is 5.34. The third-order valence-corrected chi connectivity index (χ3v) is 2.17. The van der Waals surface area contributed by atoms with Crippen molar-refractivity contribution >= 4 is 6.47 Å². The summed E-state index contributed by atoms with van der Waals surface area (Å²) in [6, 6.07) is 0.391. The molecule has 64 valence electrons. The van der Waals surface area contributed by atoms with E-state index in [1.807, 2.05) is 0 Å². The number of hydrogen-bond acceptors (Lipinski definition) is 3. The van der Waals surface area contributed by atoms with E-state index < -0.39 is 0 Å². The van der Waals surface area contributed by atoms with Gasteiger partial charge in [0.15, 0.2) is 0 Å². The molecule has 0 aliphatic carbocycles. The van der Waals surface area contributed by atoms with Gasteiger partial charge in [0.05, 0.1) is 0 Å². The van der Waals surface area contributed by atoms with Crippen molar-refractivity contribution in [2.45, 2.75) is 25.8 Å². The van der Waals surface area contributed by atoms with Crippen LogP contribution in [-0.4, -0.2) is 37.1 Å². The normalized spacial score (nSPS) is 21.5. The highest BCUT2D eigenvalue weighted by atomic mass is 16.5. The second-order valence-corrected chi connectivity index (χ2v) is 3.02. The smallest absolute Gasteiger partial charge is 0.293 e. The zero-order valence-electron chi connectivity index (χ0n) is 6.95. The Balaban J connectivity index is 2.16. The highest BCUT2D eigenvalue weighted by molar-refractivity contribution is 5.36. The summed E-state index contributed by atoms with van der Waals surface area (Å²) in [6.07, 6.45) is 2.57. The van der Waals surface area contributed by atoms with Crippen LogP contribution in [0.2, 0.25) is 0 Å². The number of nitrogens with zero attached hydrogens (tertiary/aromatic N) is 1. The first-order valence-electron chi connectivity index (χ1n) is 4.14. The van der Waals surface area contributed by atoms with Crippen LogP contribution < -0.4 is 0 Å². The van der Waals surface area contributed by atoms with E-state index >= 15 is 0 Å². The van der Waals surface area contributed by atoms with Gasteiger partial charge in [0, 0.05) is 6.04 Å². The van der Waals surface area contributed by atoms with Crippen LogP contribution in [0.4, 0.5) is 0 Å². The van der Waals surface area contributed by atoms with Crippen LogP contribution in [0.25, 0.3) is 0 Å². The van der Waals surface area contributed by atoms with Gasteiger partial charge in [0.2, 0.25) is 0 Å². The Morgan fingerprint density at radius 2 is 2.18 bits per heavy atom. The third-order valence-electron chi connectivity index (χ3n) is 2.17. The van der Waals surface area contributed by atoms with E-state index in [1.165, 1.54) is 12.8 Å². The molecule has 0 aromatic rings. The minimum absolute atomic E-state index is 0.391. The molecule has 0 amide bonds. The molecule has 3 nitrogen and oxygen atoms in total. The van der Waals surface area contributed by atoms with E-state index in [9.17, 15) is 4.79 Å². The minimum Gasteiger partial charge on any atom is -0.466 e. The average molecular weight is 157 g/mol. The molecule has 1 rings (SSSR count). The largest absolute Gasteiger partial charge is 0.466 e. The third kappa shape index (κ3) is 2.50. The van der Waals surface area contributed by atoms with Gasteiger partial charge in [-0.25, -0.2) is 0 Å². The highest BCUT2D eigenvalue weighted by Crippen LogP contribution is 2.10. The van der Waals surface area contributed by atoms with Gasteiger partial charge in [-0.3, -0.25) is 9.69 Å². The predicted octanol–water partition coefficient (Wildman–Crippen LogP) is 0.644. The number of carbonyl (C=O) groups is 1. The van der Waals surface area contributed by atoms with Gasteiger partial charge in [-0.2, -0.15) is 0 Å². The lowest BCUT2D eigenvalue weighted by Gasteiger charge is -2.22. The molecule has 1 saturated heterocycles. The first-order valence-corrected chi connectivity index (χ1v) is 4.14. The molecule has 1 unspecified atom stereocenters. The summed E-state index contributed by atoms with van der Waals surface area (Å²) in [7, 11) is 0. The van der Waals surface area contributed by atoms with Crippen molar-refractivity contribution in [3.8, 4) is 0 Å². The molecular formula is C8H15NO2. The summed E-state index contributed by atoms with van der Waals surface area (Å²) in [5.41, 5.74) is 0. The van der Waals surface area contributed by atoms with Crippen molar-refractivity contribution in [1.82, 2.24) is 4.90 Å². The Kier molecular flexibility index (Phi) is 3.36. The molecule has 0 saturated carbocycles. The van der Waals surface area contributed by atoms with E-state index in [0.29, 0.717) is 19.1 Å². The van der Waals surface area contributed by atoms with E-state index in [-0.39, 0.29) is 0 Å². The second-order valence-electron chi connectivity index (χ2n) is 3.02. The number of ether oxygens (including phenoxy) is 1. The molecule has 1 heterocycles. The molecule has 0 N–H and O–H groups in total. The van der Waals surface area contributed by atoms with E-state index in [4.69, 9.17) is 0 Å². The van der Waals surface area contributed by atoms with Gasteiger partial charge in [0.25, 0.3) is 6.47 Å². The predicted molar refractivity (Wildman–Crippen MR) is 42.3 cm³/mol. The average Bonchev–Trinajstić information content (AvgIpc) is 2.52. The van der Waals surface area contributed by atoms with E-state index in [0.717, 1.165) is 13.1 Å². The molecule has 1 atom stereocenters. The van der Waals surface area contributed by atoms with Gasteiger partial charge < -0.3 is 4.74 Å². The van der Waals surface area contributed by atoms with Crippen molar-refractivity contribution in [3.63, 3.8) is 0 Å². The molecule has 0 bridgehead atoms. The van der Waals surface area contributed by atoms with Crippen LogP contribution in [0.15, 0.2) is 0 Å². The quantitative estimate of drug-likeness (QED) is 0.561. The Morgan fingerprint density at radius 1 is 1.55 bits per heavy atom. The Hall–Kier alpha value is -0.570. The molecular weight excluding hydrogens is 142 g/mol. The fraction of sp³-hybridized carbons (Fsp3) is 0.875. The van der Waals surface area contributed by atoms with Crippen LogP contribution in [0.5, 0.6) is 0 Å². The van der Waals surface area contributed by atoms with Crippen LogP contribution in [0.3, 0.4) is 0 Å². The Morgan fingerprint density at radius 3 is 2.73 bits per heavy atom. The van der Waals surface area contributed by atoms with Gasteiger partial charge in [-0.1, -0.05) is 0 Å². The maximum absolute atomic E-state index is 9.88. The lowest BCUT2D eigenvalue weighted by Crippen LogP contribution is -2.33. The topological polar surface area (TPSA) is 29.5 Å². The lowest BCUT2D eigenvalue weighted by atomic mass is 10.3. The fourth-order valence-corrected chi connectivity index (χ4v) is 1.47. The number of carbonyl (C=O) groups excluding carboxylic acids is 1. The number of likely N-dealkylation sites (tertiary alicyclic amines) is 1. The van der Waals surface area contributed by atoms with E-state index in [2.05, 4.69) is 16.6 Å². The molecule has 0 spiro atoms. The Bertz CT molecular complexity index is 121. The van der Waals surface area contributed by atoms with Crippen molar-refractivity contribution in [1.29, 1.82) is 0 Å². The van der Waals surface area contributed by atoms with Gasteiger partial charge in [0.1, 0.15) is 6.61 Å². The summed E-state index contributed by atoms with van der Waals surface area (Å²) in [5.74, 6) is 0. The van der Waals surface area contributed by atoms with Gasteiger partial charge in [-0.15, -0.1) is 0 Å². The van der Waals surface area contributed by atoms with Crippen molar-refractivity contribution in [3.05, 3.63) is 0 Å². The molecule has 3 heteroatoms. The SMILES string of the molecule is CC(COC=O)N1CCCC1. The second kappa shape index (κ2) is 4.34. The molecule has 1 fully saturated rings.